The summed E-state index contributed by atoms with van der Waals surface area (Å²) in [6, 6.07) is 7.96. The molecule has 10 heteroatoms. The summed E-state index contributed by atoms with van der Waals surface area (Å²) >= 11 is 0. The maximum atomic E-state index is 13.5. The molecule has 31 heavy (non-hydrogen) atoms. The smallest absolute Gasteiger partial charge is 0.251 e. The highest BCUT2D eigenvalue weighted by Gasteiger charge is 2.34. The van der Waals surface area contributed by atoms with Crippen LogP contribution in [0.3, 0.4) is 0 Å². The predicted molar refractivity (Wildman–Crippen MR) is 114 cm³/mol. The first-order valence-electron chi connectivity index (χ1n) is 10.1. The number of fused-ring (bicyclic) bond motifs is 1. The first kappa shape index (κ1) is 19.4. The van der Waals surface area contributed by atoms with Crippen LogP contribution in [0.2, 0.25) is 0 Å². The molecule has 0 spiro atoms. The third-order valence-electron chi connectivity index (χ3n) is 5.44. The summed E-state index contributed by atoms with van der Waals surface area (Å²) < 4.78 is 30.5. The largest absolute Gasteiger partial charge is 0.371 e. The summed E-state index contributed by atoms with van der Waals surface area (Å²) in [4.78, 5) is 11.0. The molecular weight excluding hydrogens is 402 g/mol. The standard InChI is InChI=1S/C21H22F2N8/c1-29-14-17(12-25-29)27-20-24-10-16-11-26-31(19(16)28-20)13-15-3-2-4-18(9-15)30-7-5-21(22,23)6-8-30/h2-4,9-12,14H,5-8,13H2,1H3,(H,24,27,28). The van der Waals surface area contributed by atoms with Crippen LogP contribution in [0.1, 0.15) is 18.4 Å². The minimum atomic E-state index is -2.55. The number of anilines is 3. The number of aryl methyl sites for hydroxylation is 1. The zero-order valence-electron chi connectivity index (χ0n) is 17.0. The van der Waals surface area contributed by atoms with E-state index in [1.807, 2.05) is 47.1 Å². The van der Waals surface area contributed by atoms with E-state index in [-0.39, 0.29) is 12.8 Å². The number of nitrogens with zero attached hydrogens (tertiary/aromatic N) is 7. The molecule has 1 aromatic carbocycles. The van der Waals surface area contributed by atoms with Gasteiger partial charge in [0.25, 0.3) is 5.92 Å². The first-order chi connectivity index (χ1) is 14.9. The molecule has 0 saturated carbocycles. The topological polar surface area (TPSA) is 76.7 Å². The number of piperidine rings is 1. The second-order valence-corrected chi connectivity index (χ2v) is 7.82. The van der Waals surface area contributed by atoms with E-state index >= 15 is 0 Å². The first-order valence-corrected chi connectivity index (χ1v) is 10.1. The quantitative estimate of drug-likeness (QED) is 0.528. The number of halogens is 2. The summed E-state index contributed by atoms with van der Waals surface area (Å²) in [5.41, 5.74) is 3.50. The van der Waals surface area contributed by atoms with E-state index < -0.39 is 5.92 Å². The van der Waals surface area contributed by atoms with Crippen molar-refractivity contribution in [3.05, 3.63) is 54.6 Å². The highest BCUT2D eigenvalue weighted by molar-refractivity contribution is 5.75. The third kappa shape index (κ3) is 4.18. The zero-order valence-corrected chi connectivity index (χ0v) is 17.0. The molecule has 1 saturated heterocycles. The number of rotatable bonds is 5. The maximum absolute atomic E-state index is 13.5. The van der Waals surface area contributed by atoms with Crippen LogP contribution < -0.4 is 10.2 Å². The summed E-state index contributed by atoms with van der Waals surface area (Å²) in [6.45, 7) is 1.24. The van der Waals surface area contributed by atoms with E-state index in [1.54, 1.807) is 23.3 Å². The molecule has 1 aliphatic rings. The van der Waals surface area contributed by atoms with Crippen LogP contribution in [-0.4, -0.2) is 48.5 Å². The normalized spacial score (nSPS) is 16.0. The van der Waals surface area contributed by atoms with Crippen molar-refractivity contribution in [2.24, 2.45) is 7.05 Å². The summed E-state index contributed by atoms with van der Waals surface area (Å²) in [7, 11) is 1.84. The average Bonchev–Trinajstić information content (AvgIpc) is 3.34. The molecule has 0 amide bonds. The van der Waals surface area contributed by atoms with Gasteiger partial charge in [-0.3, -0.25) is 4.68 Å². The van der Waals surface area contributed by atoms with Crippen molar-refractivity contribution < 1.29 is 8.78 Å². The molecule has 0 unspecified atom stereocenters. The number of aromatic nitrogens is 6. The fourth-order valence-corrected chi connectivity index (χ4v) is 3.77. The lowest BCUT2D eigenvalue weighted by molar-refractivity contribution is -0.0220. The van der Waals surface area contributed by atoms with E-state index in [9.17, 15) is 8.78 Å². The number of hydrogen-bond donors (Lipinski definition) is 1. The Morgan fingerprint density at radius 1 is 1.10 bits per heavy atom. The Balaban J connectivity index is 1.36. The second-order valence-electron chi connectivity index (χ2n) is 7.82. The number of benzene rings is 1. The molecule has 0 aliphatic carbocycles. The Kier molecular flexibility index (Phi) is 4.76. The minimum Gasteiger partial charge on any atom is -0.371 e. The Bertz CT molecular complexity index is 1210. The van der Waals surface area contributed by atoms with Crippen molar-refractivity contribution in [2.45, 2.75) is 25.3 Å². The molecule has 0 radical (unpaired) electrons. The fraction of sp³-hybridized carbons (Fsp3) is 0.333. The van der Waals surface area contributed by atoms with Crippen LogP contribution in [0.15, 0.2) is 49.1 Å². The number of alkyl halides is 2. The zero-order chi connectivity index (χ0) is 21.4. The van der Waals surface area contributed by atoms with E-state index in [1.165, 1.54) is 0 Å². The highest BCUT2D eigenvalue weighted by atomic mass is 19.3. The molecule has 4 heterocycles. The lowest BCUT2D eigenvalue weighted by Crippen LogP contribution is -2.39. The number of nitrogens with one attached hydrogen (secondary N) is 1. The predicted octanol–water partition coefficient (Wildman–Crippen LogP) is 3.59. The molecule has 1 fully saturated rings. The lowest BCUT2D eigenvalue weighted by Gasteiger charge is -2.33. The minimum absolute atomic E-state index is 0.106. The molecule has 160 valence electrons. The van der Waals surface area contributed by atoms with Gasteiger partial charge in [0.15, 0.2) is 5.65 Å². The molecule has 5 rings (SSSR count). The van der Waals surface area contributed by atoms with Crippen LogP contribution in [0.4, 0.5) is 26.1 Å². The van der Waals surface area contributed by atoms with Crippen molar-refractivity contribution in [3.63, 3.8) is 0 Å². The van der Waals surface area contributed by atoms with Crippen molar-refractivity contribution in [3.8, 4) is 0 Å². The fourth-order valence-electron chi connectivity index (χ4n) is 3.77. The molecule has 1 N–H and O–H groups in total. The summed E-state index contributed by atoms with van der Waals surface area (Å²) in [5.74, 6) is -2.09. The van der Waals surface area contributed by atoms with E-state index in [2.05, 4.69) is 25.5 Å². The Morgan fingerprint density at radius 2 is 1.94 bits per heavy atom. The van der Waals surface area contributed by atoms with Gasteiger partial charge in [-0.05, 0) is 17.7 Å². The van der Waals surface area contributed by atoms with Gasteiger partial charge in [-0.15, -0.1) is 0 Å². The average molecular weight is 424 g/mol. The van der Waals surface area contributed by atoms with E-state index in [0.29, 0.717) is 31.2 Å². The van der Waals surface area contributed by atoms with Crippen LogP contribution in [0, 0.1) is 0 Å². The van der Waals surface area contributed by atoms with Gasteiger partial charge in [0.2, 0.25) is 5.95 Å². The van der Waals surface area contributed by atoms with Crippen molar-refractivity contribution in [2.75, 3.05) is 23.3 Å². The van der Waals surface area contributed by atoms with Gasteiger partial charge in [0.1, 0.15) is 0 Å². The van der Waals surface area contributed by atoms with Gasteiger partial charge < -0.3 is 10.2 Å². The van der Waals surface area contributed by atoms with Gasteiger partial charge in [-0.25, -0.2) is 18.4 Å². The van der Waals surface area contributed by atoms with E-state index in [4.69, 9.17) is 0 Å². The maximum Gasteiger partial charge on any atom is 0.251 e. The van der Waals surface area contributed by atoms with Crippen LogP contribution in [-0.2, 0) is 13.6 Å². The molecule has 3 aromatic heterocycles. The lowest BCUT2D eigenvalue weighted by atomic mass is 10.1. The van der Waals surface area contributed by atoms with Crippen LogP contribution in [0.5, 0.6) is 0 Å². The van der Waals surface area contributed by atoms with Gasteiger partial charge in [-0.1, -0.05) is 12.1 Å². The highest BCUT2D eigenvalue weighted by Crippen LogP contribution is 2.30. The molecule has 0 bridgehead atoms. The molecular formula is C21H22F2N8. The van der Waals surface area contributed by atoms with Crippen LogP contribution in [0.25, 0.3) is 11.0 Å². The van der Waals surface area contributed by atoms with Crippen molar-refractivity contribution in [1.29, 1.82) is 0 Å². The molecule has 0 atom stereocenters. The monoisotopic (exact) mass is 424 g/mol. The molecule has 1 aliphatic heterocycles. The van der Waals surface area contributed by atoms with Gasteiger partial charge in [-0.2, -0.15) is 15.2 Å². The van der Waals surface area contributed by atoms with Crippen LogP contribution >= 0.6 is 0 Å². The summed E-state index contributed by atoms with van der Waals surface area (Å²) in [5, 5.41) is 12.6. The molecule has 8 nitrogen and oxygen atoms in total. The Morgan fingerprint density at radius 3 is 2.71 bits per heavy atom. The van der Waals surface area contributed by atoms with Gasteiger partial charge in [0.05, 0.1) is 30.0 Å². The number of hydrogen-bond acceptors (Lipinski definition) is 6. The third-order valence-corrected chi connectivity index (χ3v) is 5.44. The second kappa shape index (κ2) is 7.60. The van der Waals surface area contributed by atoms with Crippen molar-refractivity contribution in [1.82, 2.24) is 29.5 Å². The molecule has 4 aromatic rings. The van der Waals surface area contributed by atoms with Gasteiger partial charge >= 0.3 is 0 Å². The SMILES string of the molecule is Cn1cc(Nc2ncc3cnn(Cc4cccc(N5CCC(F)(F)CC5)c4)c3n2)cn1. The van der Waals surface area contributed by atoms with Gasteiger partial charge in [0, 0.05) is 51.1 Å². The van der Waals surface area contributed by atoms with Crippen molar-refractivity contribution >= 4 is 28.4 Å². The van der Waals surface area contributed by atoms with E-state index in [0.717, 1.165) is 22.3 Å². The Hall–Kier alpha value is -3.56. The Labute approximate surface area is 177 Å². The summed E-state index contributed by atoms with van der Waals surface area (Å²) in [6.07, 6.45) is 6.80.